The summed E-state index contributed by atoms with van der Waals surface area (Å²) >= 11 is 0. The van der Waals surface area contributed by atoms with Crippen LogP contribution >= 0.6 is 0 Å². The molecule has 0 bridgehead atoms. The van der Waals surface area contributed by atoms with Crippen molar-refractivity contribution >= 4 is 10.0 Å². The van der Waals surface area contributed by atoms with E-state index in [2.05, 4.69) is 10.0 Å². The molecule has 0 radical (unpaired) electrons. The molecule has 0 aliphatic heterocycles. The molecule has 0 aromatic heterocycles. The highest BCUT2D eigenvalue weighted by Crippen LogP contribution is 2.17. The van der Waals surface area contributed by atoms with Crippen LogP contribution in [0.1, 0.15) is 25.0 Å². The second kappa shape index (κ2) is 8.48. The maximum Gasteiger partial charge on any atom is 0.240 e. The third-order valence-electron chi connectivity index (χ3n) is 3.19. The molecule has 0 aliphatic rings. The van der Waals surface area contributed by atoms with E-state index in [9.17, 15) is 8.42 Å². The minimum absolute atomic E-state index is 0.134. The van der Waals surface area contributed by atoms with Crippen LogP contribution in [0.15, 0.2) is 23.1 Å². The highest BCUT2D eigenvalue weighted by atomic mass is 32.2. The Bertz CT molecular complexity index is 544. The second-order valence-electron chi connectivity index (χ2n) is 5.29. The van der Waals surface area contributed by atoms with Crippen LogP contribution in [0.5, 0.6) is 0 Å². The van der Waals surface area contributed by atoms with Gasteiger partial charge in [0.05, 0.1) is 4.90 Å². The van der Waals surface area contributed by atoms with Crippen LogP contribution < -0.4 is 10.0 Å². The van der Waals surface area contributed by atoms with Crippen LogP contribution in [-0.2, 0) is 21.3 Å². The van der Waals surface area contributed by atoms with E-state index in [1.807, 2.05) is 32.9 Å². The monoisotopic (exact) mass is 314 g/mol. The van der Waals surface area contributed by atoms with Gasteiger partial charge in [-0.05, 0) is 36.6 Å². The van der Waals surface area contributed by atoms with E-state index in [0.29, 0.717) is 24.6 Å². The van der Waals surface area contributed by atoms with E-state index in [1.165, 1.54) is 0 Å². The molecule has 1 aromatic carbocycles. The van der Waals surface area contributed by atoms with E-state index >= 15 is 0 Å². The average Bonchev–Trinajstić information content (AvgIpc) is 2.44. The average molecular weight is 314 g/mol. The minimum Gasteiger partial charge on any atom is -0.384 e. The molecule has 0 spiro atoms. The van der Waals surface area contributed by atoms with Crippen molar-refractivity contribution in [3.05, 3.63) is 29.3 Å². The summed E-state index contributed by atoms with van der Waals surface area (Å²) in [6, 6.07) is 5.53. The first kappa shape index (κ1) is 18.1. The van der Waals surface area contributed by atoms with E-state index in [-0.39, 0.29) is 5.92 Å². The first-order valence-corrected chi connectivity index (χ1v) is 8.67. The molecule has 1 rings (SSSR count). The maximum absolute atomic E-state index is 12.4. The van der Waals surface area contributed by atoms with Crippen LogP contribution in [-0.4, -0.2) is 35.2 Å². The van der Waals surface area contributed by atoms with E-state index < -0.39 is 10.0 Å². The summed E-state index contributed by atoms with van der Waals surface area (Å²) in [6.07, 6.45) is 0. The molecule has 2 N–H and O–H groups in total. The zero-order valence-corrected chi connectivity index (χ0v) is 14.1. The first-order valence-electron chi connectivity index (χ1n) is 7.19. The van der Waals surface area contributed by atoms with E-state index in [0.717, 1.165) is 17.7 Å². The number of ether oxygens (including phenoxy) is 1. The third-order valence-corrected chi connectivity index (χ3v) is 4.76. The molecule has 0 saturated heterocycles. The molecular formula is C15H26N2O3S. The van der Waals surface area contributed by atoms with Crippen LogP contribution in [0.4, 0.5) is 0 Å². The number of benzene rings is 1. The fraction of sp³-hybridized carbons (Fsp3) is 0.600. The Kier molecular flexibility index (Phi) is 7.31. The van der Waals surface area contributed by atoms with Gasteiger partial charge in [-0.1, -0.05) is 26.0 Å². The quantitative estimate of drug-likeness (QED) is 0.727. The Hall–Kier alpha value is -0.950. The summed E-state index contributed by atoms with van der Waals surface area (Å²) in [5.74, 6) is 0.134. The Morgan fingerprint density at radius 2 is 2.05 bits per heavy atom. The molecule has 0 saturated carbocycles. The van der Waals surface area contributed by atoms with Gasteiger partial charge in [0.15, 0.2) is 0 Å². The van der Waals surface area contributed by atoms with Gasteiger partial charge in [0.2, 0.25) is 10.0 Å². The largest absolute Gasteiger partial charge is 0.384 e. The van der Waals surface area contributed by atoms with Crippen LogP contribution in [0.25, 0.3) is 0 Å². The topological polar surface area (TPSA) is 67.4 Å². The molecule has 5 nitrogen and oxygen atoms in total. The number of rotatable bonds is 9. The normalized spacial score (nSPS) is 13.3. The molecule has 1 unspecified atom stereocenters. The predicted molar refractivity (Wildman–Crippen MR) is 84.8 cm³/mol. The number of hydrogen-bond acceptors (Lipinski definition) is 4. The predicted octanol–water partition coefficient (Wildman–Crippen LogP) is 1.67. The van der Waals surface area contributed by atoms with Gasteiger partial charge in [0, 0.05) is 26.8 Å². The van der Waals surface area contributed by atoms with E-state index in [4.69, 9.17) is 4.74 Å². The van der Waals surface area contributed by atoms with Crippen LogP contribution in [0.2, 0.25) is 0 Å². The van der Waals surface area contributed by atoms with Crippen molar-refractivity contribution < 1.29 is 13.2 Å². The van der Waals surface area contributed by atoms with Crippen molar-refractivity contribution in [3.63, 3.8) is 0 Å². The molecule has 0 aliphatic carbocycles. The summed E-state index contributed by atoms with van der Waals surface area (Å²) in [4.78, 5) is 0.350. The van der Waals surface area contributed by atoms with Crippen molar-refractivity contribution in [2.75, 3.05) is 26.8 Å². The zero-order valence-electron chi connectivity index (χ0n) is 13.3. The Morgan fingerprint density at radius 1 is 1.33 bits per heavy atom. The van der Waals surface area contributed by atoms with Crippen molar-refractivity contribution in [1.82, 2.24) is 10.0 Å². The molecule has 1 atom stereocenters. The van der Waals surface area contributed by atoms with Gasteiger partial charge in [0.25, 0.3) is 0 Å². The summed E-state index contributed by atoms with van der Waals surface area (Å²) in [5.41, 5.74) is 1.72. The summed E-state index contributed by atoms with van der Waals surface area (Å²) < 4.78 is 32.5. The molecule has 120 valence electrons. The zero-order chi connectivity index (χ0) is 15.9. The molecular weight excluding hydrogens is 288 g/mol. The summed E-state index contributed by atoms with van der Waals surface area (Å²) in [7, 11) is -1.87. The minimum atomic E-state index is -3.49. The SMILES string of the molecule is CCNCc1ccc(C)c(S(=O)(=O)NCC(C)COC)c1. The maximum atomic E-state index is 12.4. The summed E-state index contributed by atoms with van der Waals surface area (Å²) in [6.45, 7) is 8.19. The Morgan fingerprint density at radius 3 is 2.67 bits per heavy atom. The number of nitrogens with one attached hydrogen (secondary N) is 2. The molecule has 0 amide bonds. The second-order valence-corrected chi connectivity index (χ2v) is 7.03. The molecule has 0 fully saturated rings. The number of methoxy groups -OCH3 is 1. The number of aryl methyl sites for hydroxylation is 1. The fourth-order valence-electron chi connectivity index (χ4n) is 1.99. The molecule has 6 heteroatoms. The number of sulfonamides is 1. The Labute approximate surface area is 128 Å². The fourth-order valence-corrected chi connectivity index (χ4v) is 3.44. The highest BCUT2D eigenvalue weighted by molar-refractivity contribution is 7.89. The standard InChI is InChI=1S/C15H26N2O3S/c1-5-16-10-14-7-6-13(3)15(8-14)21(18,19)17-9-12(2)11-20-4/h6-8,12,16-17H,5,9-11H2,1-4H3. The van der Waals surface area contributed by atoms with Crippen LogP contribution in [0, 0.1) is 12.8 Å². The lowest BCUT2D eigenvalue weighted by molar-refractivity contribution is 0.161. The Balaban J connectivity index is 2.86. The smallest absolute Gasteiger partial charge is 0.240 e. The lowest BCUT2D eigenvalue weighted by atomic mass is 10.1. The van der Waals surface area contributed by atoms with Gasteiger partial charge in [-0.25, -0.2) is 13.1 Å². The molecule has 21 heavy (non-hydrogen) atoms. The van der Waals surface area contributed by atoms with Gasteiger partial charge in [-0.2, -0.15) is 0 Å². The molecule has 1 aromatic rings. The van der Waals surface area contributed by atoms with Gasteiger partial charge in [-0.3, -0.25) is 0 Å². The van der Waals surface area contributed by atoms with Gasteiger partial charge >= 0.3 is 0 Å². The van der Waals surface area contributed by atoms with Crippen molar-refractivity contribution in [1.29, 1.82) is 0 Å². The number of hydrogen-bond donors (Lipinski definition) is 2. The van der Waals surface area contributed by atoms with E-state index in [1.54, 1.807) is 13.2 Å². The first-order chi connectivity index (χ1) is 9.90. The van der Waals surface area contributed by atoms with Crippen molar-refractivity contribution in [3.8, 4) is 0 Å². The van der Waals surface area contributed by atoms with Crippen molar-refractivity contribution in [2.45, 2.75) is 32.2 Å². The third kappa shape index (κ3) is 5.74. The lowest BCUT2D eigenvalue weighted by Gasteiger charge is -2.14. The van der Waals surface area contributed by atoms with Gasteiger partial charge < -0.3 is 10.1 Å². The van der Waals surface area contributed by atoms with Gasteiger partial charge in [0.1, 0.15) is 0 Å². The summed E-state index contributed by atoms with van der Waals surface area (Å²) in [5, 5.41) is 3.20. The lowest BCUT2D eigenvalue weighted by Crippen LogP contribution is -2.30. The highest BCUT2D eigenvalue weighted by Gasteiger charge is 2.18. The van der Waals surface area contributed by atoms with Crippen molar-refractivity contribution in [2.24, 2.45) is 5.92 Å². The van der Waals surface area contributed by atoms with Gasteiger partial charge in [-0.15, -0.1) is 0 Å². The molecule has 0 heterocycles. The van der Waals surface area contributed by atoms with Crippen LogP contribution in [0.3, 0.4) is 0 Å².